The van der Waals surface area contributed by atoms with Gasteiger partial charge < -0.3 is 19.9 Å². The predicted molar refractivity (Wildman–Crippen MR) is 101 cm³/mol. The lowest BCUT2D eigenvalue weighted by molar-refractivity contribution is -0.165. The van der Waals surface area contributed by atoms with E-state index in [-0.39, 0.29) is 25.0 Å². The van der Waals surface area contributed by atoms with Gasteiger partial charge in [0.15, 0.2) is 0 Å². The van der Waals surface area contributed by atoms with E-state index in [4.69, 9.17) is 14.6 Å². The molecule has 0 aromatic rings. The van der Waals surface area contributed by atoms with Crippen LogP contribution >= 0.6 is 25.3 Å². The van der Waals surface area contributed by atoms with Crippen molar-refractivity contribution in [3.05, 3.63) is 0 Å². The fourth-order valence-corrected chi connectivity index (χ4v) is 2.71. The molecule has 0 aliphatic carbocycles. The number of unbranched alkanes of at least 4 members (excludes halogenated alkanes) is 1. The third kappa shape index (κ3) is 11.9. The minimum absolute atomic E-state index is 0.0346. The van der Waals surface area contributed by atoms with Crippen LogP contribution < -0.4 is 5.32 Å². The van der Waals surface area contributed by atoms with Crippen molar-refractivity contribution < 1.29 is 24.2 Å². The van der Waals surface area contributed by atoms with Gasteiger partial charge in [0.1, 0.15) is 0 Å². The summed E-state index contributed by atoms with van der Waals surface area (Å²) in [5.74, 6) is 0.327. The number of aliphatic hydroxyl groups is 1. The molecule has 0 rings (SSSR count). The van der Waals surface area contributed by atoms with Crippen LogP contribution in [0.1, 0.15) is 52.9 Å². The van der Waals surface area contributed by atoms with Gasteiger partial charge in [0.05, 0.1) is 0 Å². The first kappa shape index (κ1) is 23.4. The van der Waals surface area contributed by atoms with Crippen molar-refractivity contribution in [3.63, 3.8) is 0 Å². The molecule has 6 nitrogen and oxygen atoms in total. The molecule has 2 N–H and O–H groups in total. The summed E-state index contributed by atoms with van der Waals surface area (Å²) >= 11 is 8.59. The number of amides is 1. The Morgan fingerprint density at radius 2 is 1.79 bits per heavy atom. The molecule has 0 aliphatic rings. The van der Waals surface area contributed by atoms with Gasteiger partial charge in [-0.25, -0.2) is 4.79 Å². The first-order valence-electron chi connectivity index (χ1n) is 8.36. The molecule has 4 atom stereocenters. The van der Waals surface area contributed by atoms with Crippen molar-refractivity contribution in [2.24, 2.45) is 5.92 Å². The van der Waals surface area contributed by atoms with E-state index in [9.17, 15) is 9.59 Å². The lowest BCUT2D eigenvalue weighted by atomic mass is 10.1. The van der Waals surface area contributed by atoms with Crippen LogP contribution in [-0.4, -0.2) is 47.1 Å². The van der Waals surface area contributed by atoms with E-state index in [2.05, 4.69) is 30.6 Å². The Morgan fingerprint density at radius 1 is 1.12 bits per heavy atom. The average molecular weight is 382 g/mol. The van der Waals surface area contributed by atoms with Crippen LogP contribution in [0.5, 0.6) is 0 Å². The highest BCUT2D eigenvalue weighted by Gasteiger charge is 2.18. The summed E-state index contributed by atoms with van der Waals surface area (Å²) in [6, 6.07) is -0.239. The molecule has 0 aromatic carbocycles. The molecule has 1 amide bonds. The molecule has 0 fully saturated rings. The second kappa shape index (κ2) is 13.7. The van der Waals surface area contributed by atoms with Gasteiger partial charge in [-0.15, -0.1) is 0 Å². The molecule has 0 radical (unpaired) electrons. The van der Waals surface area contributed by atoms with Crippen LogP contribution in [0.2, 0.25) is 0 Å². The Hall–Kier alpha value is -0.600. The van der Waals surface area contributed by atoms with Crippen molar-refractivity contribution in [1.29, 1.82) is 0 Å². The van der Waals surface area contributed by atoms with E-state index < -0.39 is 18.4 Å². The van der Waals surface area contributed by atoms with Crippen LogP contribution in [0.15, 0.2) is 0 Å². The second-order valence-electron chi connectivity index (χ2n) is 5.97. The summed E-state index contributed by atoms with van der Waals surface area (Å²) in [5, 5.41) is 11.9. The Balaban J connectivity index is 3.87. The van der Waals surface area contributed by atoms with E-state index in [1.165, 1.54) is 6.92 Å². The van der Waals surface area contributed by atoms with Gasteiger partial charge in [-0.2, -0.15) is 25.3 Å². The summed E-state index contributed by atoms with van der Waals surface area (Å²) in [6.07, 6.45) is 2.16. The van der Waals surface area contributed by atoms with Crippen LogP contribution in [0, 0.1) is 5.92 Å². The molecular weight excluding hydrogens is 350 g/mol. The number of nitrogens with one attached hydrogen (secondary N) is 1. The highest BCUT2D eigenvalue weighted by atomic mass is 32.1. The van der Waals surface area contributed by atoms with E-state index in [0.717, 1.165) is 25.0 Å². The number of aliphatic hydroxyl groups excluding tert-OH is 1. The van der Waals surface area contributed by atoms with Crippen LogP contribution in [0.3, 0.4) is 0 Å². The maximum atomic E-state index is 11.7. The normalized spacial score (nSPS) is 15.9. The van der Waals surface area contributed by atoms with Crippen LogP contribution in [-0.2, 0) is 14.3 Å². The largest absolute Gasteiger partial charge is 0.425 e. The van der Waals surface area contributed by atoms with Gasteiger partial charge in [0.25, 0.3) is 0 Å². The van der Waals surface area contributed by atoms with E-state index in [1.807, 2.05) is 0 Å². The molecule has 0 bridgehead atoms. The summed E-state index contributed by atoms with van der Waals surface area (Å²) in [6.45, 7) is 5.03. The van der Waals surface area contributed by atoms with E-state index in [0.29, 0.717) is 11.7 Å². The van der Waals surface area contributed by atoms with Gasteiger partial charge in [0.2, 0.25) is 6.29 Å². The smallest absolute Gasteiger partial charge is 0.410 e. The Labute approximate surface area is 155 Å². The summed E-state index contributed by atoms with van der Waals surface area (Å²) in [5.41, 5.74) is 0. The standard InChI is InChI=1S/C16H31NO5S2/c1-11(10-18)12(2)17-16(20)22-13(3)21-15(19)7-5-4-6-14(24)8-9-23/h11-14,18,23-24H,4-10H2,1-3H3,(H,17,20)/t11?,12?,13?,14-/m1/s1. The zero-order chi connectivity index (χ0) is 18.5. The number of rotatable bonds is 12. The van der Waals surface area contributed by atoms with Crippen molar-refractivity contribution in [2.45, 2.75) is 70.5 Å². The molecule has 0 spiro atoms. The first-order chi connectivity index (χ1) is 11.3. The van der Waals surface area contributed by atoms with Crippen LogP contribution in [0.25, 0.3) is 0 Å². The predicted octanol–water partition coefficient (Wildman–Crippen LogP) is 2.80. The zero-order valence-corrected chi connectivity index (χ0v) is 16.5. The molecule has 0 aromatic heterocycles. The van der Waals surface area contributed by atoms with Crippen molar-refractivity contribution in [2.75, 3.05) is 12.4 Å². The molecule has 24 heavy (non-hydrogen) atoms. The third-order valence-electron chi connectivity index (χ3n) is 3.69. The van der Waals surface area contributed by atoms with Crippen LogP contribution in [0.4, 0.5) is 4.79 Å². The Bertz CT molecular complexity index is 370. The maximum absolute atomic E-state index is 11.7. The SMILES string of the molecule is CC(OC(=O)CCCC[C@@H](S)CCS)OC(=O)NC(C)C(C)CO. The number of esters is 1. The van der Waals surface area contributed by atoms with Crippen molar-refractivity contribution in [3.8, 4) is 0 Å². The van der Waals surface area contributed by atoms with Gasteiger partial charge in [-0.3, -0.25) is 4.79 Å². The molecular formula is C16H31NO5S2. The number of carbonyl (C=O) groups excluding carboxylic acids is 2. The molecule has 3 unspecified atom stereocenters. The Morgan fingerprint density at radius 3 is 2.38 bits per heavy atom. The maximum Gasteiger partial charge on any atom is 0.410 e. The molecule has 0 saturated carbocycles. The monoisotopic (exact) mass is 381 g/mol. The van der Waals surface area contributed by atoms with Crippen molar-refractivity contribution in [1.82, 2.24) is 5.32 Å². The second-order valence-corrected chi connectivity index (χ2v) is 7.15. The number of hydrogen-bond acceptors (Lipinski definition) is 7. The quantitative estimate of drug-likeness (QED) is 0.181. The number of thiol groups is 2. The lowest BCUT2D eigenvalue weighted by Gasteiger charge is -2.20. The minimum Gasteiger partial charge on any atom is -0.425 e. The van der Waals surface area contributed by atoms with E-state index >= 15 is 0 Å². The molecule has 142 valence electrons. The lowest BCUT2D eigenvalue weighted by Crippen LogP contribution is -2.40. The third-order valence-corrected chi connectivity index (χ3v) is 4.46. The fraction of sp³-hybridized carbons (Fsp3) is 0.875. The highest BCUT2D eigenvalue weighted by Crippen LogP contribution is 2.13. The molecule has 0 saturated heterocycles. The zero-order valence-electron chi connectivity index (χ0n) is 14.7. The van der Waals surface area contributed by atoms with Gasteiger partial charge in [0, 0.05) is 31.2 Å². The van der Waals surface area contributed by atoms with E-state index in [1.54, 1.807) is 13.8 Å². The first-order valence-corrected chi connectivity index (χ1v) is 9.51. The molecule has 8 heteroatoms. The van der Waals surface area contributed by atoms with Gasteiger partial charge >= 0.3 is 12.1 Å². The highest BCUT2D eigenvalue weighted by molar-refractivity contribution is 7.81. The van der Waals surface area contributed by atoms with Crippen molar-refractivity contribution >= 4 is 37.3 Å². The number of hydrogen-bond donors (Lipinski definition) is 4. The fourth-order valence-electron chi connectivity index (χ4n) is 1.88. The van der Waals surface area contributed by atoms with Gasteiger partial charge in [-0.05, 0) is 37.9 Å². The topological polar surface area (TPSA) is 84.9 Å². The molecule has 0 aliphatic heterocycles. The molecule has 0 heterocycles. The Kier molecular flexibility index (Phi) is 13.3. The minimum atomic E-state index is -0.948. The number of alkyl carbamates (subject to hydrolysis) is 1. The number of ether oxygens (including phenoxy) is 2. The summed E-state index contributed by atoms with van der Waals surface area (Å²) in [7, 11) is 0. The summed E-state index contributed by atoms with van der Waals surface area (Å²) in [4.78, 5) is 23.3. The summed E-state index contributed by atoms with van der Waals surface area (Å²) < 4.78 is 10.0. The average Bonchev–Trinajstić information content (AvgIpc) is 2.50. The number of carbonyl (C=O) groups is 2. The van der Waals surface area contributed by atoms with Gasteiger partial charge in [-0.1, -0.05) is 13.3 Å².